The van der Waals surface area contributed by atoms with Crippen LogP contribution in [-0.4, -0.2) is 35.8 Å². The van der Waals surface area contributed by atoms with Gasteiger partial charge in [0.2, 0.25) is 5.91 Å². The molecule has 1 saturated heterocycles. The maximum atomic E-state index is 12.2. The molecule has 2 aromatic heterocycles. The summed E-state index contributed by atoms with van der Waals surface area (Å²) in [7, 11) is 0. The van der Waals surface area contributed by atoms with Crippen LogP contribution in [-0.2, 0) is 11.2 Å². The van der Waals surface area contributed by atoms with Gasteiger partial charge in [-0.15, -0.1) is 0 Å². The number of amides is 2. The molecular weight excluding hydrogens is 296 g/mol. The molecule has 23 heavy (non-hydrogen) atoms. The maximum absolute atomic E-state index is 12.2. The molecule has 0 spiro atoms. The van der Waals surface area contributed by atoms with Gasteiger partial charge in [-0.2, -0.15) is 0 Å². The van der Waals surface area contributed by atoms with Crippen LogP contribution in [0.4, 0.5) is 0 Å². The number of piperidine rings is 1. The van der Waals surface area contributed by atoms with Gasteiger partial charge in [0.25, 0.3) is 5.91 Å². The summed E-state index contributed by atoms with van der Waals surface area (Å²) >= 11 is 0. The minimum atomic E-state index is -0.0856. The minimum Gasteiger partial charge on any atom is -0.469 e. The van der Waals surface area contributed by atoms with Crippen LogP contribution >= 0.6 is 0 Å². The van der Waals surface area contributed by atoms with Gasteiger partial charge < -0.3 is 19.1 Å². The number of hydrogen-bond donors (Lipinski definition) is 1. The number of carbonyl (C=O) groups is 2. The smallest absolute Gasteiger partial charge is 0.289 e. The fourth-order valence-corrected chi connectivity index (χ4v) is 2.77. The zero-order valence-electron chi connectivity index (χ0n) is 12.9. The number of rotatable bonds is 5. The number of nitrogens with one attached hydrogen (secondary N) is 1. The SMILES string of the molecule is O=C(CCc1ccco1)NC1CCN(C(=O)c2ccco2)CC1. The summed E-state index contributed by atoms with van der Waals surface area (Å²) in [5.74, 6) is 1.12. The second kappa shape index (κ2) is 7.17. The summed E-state index contributed by atoms with van der Waals surface area (Å²) in [4.78, 5) is 25.9. The van der Waals surface area contributed by atoms with Crippen molar-refractivity contribution in [2.24, 2.45) is 0 Å². The molecule has 122 valence electrons. The van der Waals surface area contributed by atoms with E-state index in [9.17, 15) is 9.59 Å². The van der Waals surface area contributed by atoms with E-state index >= 15 is 0 Å². The van der Waals surface area contributed by atoms with E-state index in [1.165, 1.54) is 6.26 Å². The summed E-state index contributed by atoms with van der Waals surface area (Å²) in [5, 5.41) is 3.03. The van der Waals surface area contributed by atoms with Crippen LogP contribution in [0.3, 0.4) is 0 Å². The van der Waals surface area contributed by atoms with Gasteiger partial charge in [-0.05, 0) is 37.1 Å². The van der Waals surface area contributed by atoms with E-state index in [2.05, 4.69) is 5.32 Å². The molecule has 2 aromatic rings. The first-order chi connectivity index (χ1) is 11.2. The lowest BCUT2D eigenvalue weighted by atomic mass is 10.0. The van der Waals surface area contributed by atoms with Crippen LogP contribution in [0.5, 0.6) is 0 Å². The van der Waals surface area contributed by atoms with Gasteiger partial charge in [-0.3, -0.25) is 9.59 Å². The molecule has 0 radical (unpaired) electrons. The summed E-state index contributed by atoms with van der Waals surface area (Å²) in [6.45, 7) is 1.26. The zero-order valence-corrected chi connectivity index (χ0v) is 12.9. The Morgan fingerprint density at radius 1 is 1.13 bits per heavy atom. The van der Waals surface area contributed by atoms with E-state index in [1.54, 1.807) is 23.3 Å². The predicted molar refractivity (Wildman–Crippen MR) is 82.8 cm³/mol. The third-order valence-corrected chi connectivity index (χ3v) is 4.06. The molecule has 6 nitrogen and oxygen atoms in total. The standard InChI is InChI=1S/C17H20N2O4/c20-16(6-5-14-3-1-11-22-14)18-13-7-9-19(10-8-13)17(21)15-4-2-12-23-15/h1-4,11-13H,5-10H2,(H,18,20). The number of likely N-dealkylation sites (tertiary alicyclic amines) is 1. The molecule has 0 bridgehead atoms. The third-order valence-electron chi connectivity index (χ3n) is 4.06. The first-order valence-corrected chi connectivity index (χ1v) is 7.87. The minimum absolute atomic E-state index is 0.0252. The molecule has 1 N–H and O–H groups in total. The first-order valence-electron chi connectivity index (χ1n) is 7.87. The summed E-state index contributed by atoms with van der Waals surface area (Å²) < 4.78 is 10.4. The number of aryl methyl sites for hydroxylation is 1. The van der Waals surface area contributed by atoms with Crippen LogP contribution in [0.15, 0.2) is 45.6 Å². The molecule has 6 heteroatoms. The van der Waals surface area contributed by atoms with E-state index in [-0.39, 0.29) is 17.9 Å². The highest BCUT2D eigenvalue weighted by Crippen LogP contribution is 2.14. The Kier molecular flexibility index (Phi) is 4.80. The second-order valence-electron chi connectivity index (χ2n) is 5.69. The summed E-state index contributed by atoms with van der Waals surface area (Å²) in [5.41, 5.74) is 0. The van der Waals surface area contributed by atoms with Crippen molar-refractivity contribution < 1.29 is 18.4 Å². The predicted octanol–water partition coefficient (Wildman–Crippen LogP) is 2.23. The molecule has 3 heterocycles. The fourth-order valence-electron chi connectivity index (χ4n) is 2.77. The lowest BCUT2D eigenvalue weighted by Crippen LogP contribution is -2.46. The first kappa shape index (κ1) is 15.4. The molecular formula is C17H20N2O4. The highest BCUT2D eigenvalue weighted by atomic mass is 16.3. The Morgan fingerprint density at radius 3 is 2.52 bits per heavy atom. The average Bonchev–Trinajstić information content (AvgIpc) is 3.26. The maximum Gasteiger partial charge on any atom is 0.289 e. The van der Waals surface area contributed by atoms with Crippen molar-refractivity contribution >= 4 is 11.8 Å². The van der Waals surface area contributed by atoms with Crippen molar-refractivity contribution in [1.29, 1.82) is 0 Å². The molecule has 0 atom stereocenters. The van der Waals surface area contributed by atoms with Crippen molar-refractivity contribution in [1.82, 2.24) is 10.2 Å². The Bertz CT molecular complexity index is 626. The van der Waals surface area contributed by atoms with E-state index in [4.69, 9.17) is 8.83 Å². The molecule has 2 amide bonds. The van der Waals surface area contributed by atoms with Crippen LogP contribution in [0, 0.1) is 0 Å². The van der Waals surface area contributed by atoms with Gasteiger partial charge in [0.05, 0.1) is 12.5 Å². The van der Waals surface area contributed by atoms with Crippen molar-refractivity contribution in [2.45, 2.75) is 31.7 Å². The number of nitrogens with zero attached hydrogens (tertiary/aromatic N) is 1. The van der Waals surface area contributed by atoms with Crippen molar-refractivity contribution in [3.63, 3.8) is 0 Å². The Balaban J connectivity index is 1.40. The molecule has 0 aromatic carbocycles. The van der Waals surface area contributed by atoms with E-state index in [0.29, 0.717) is 31.7 Å². The van der Waals surface area contributed by atoms with Crippen LogP contribution in [0.25, 0.3) is 0 Å². The Hall–Kier alpha value is -2.50. The van der Waals surface area contributed by atoms with Gasteiger partial charge in [-0.1, -0.05) is 0 Å². The molecule has 1 aliphatic heterocycles. The van der Waals surface area contributed by atoms with Crippen LogP contribution in [0.2, 0.25) is 0 Å². The van der Waals surface area contributed by atoms with Crippen LogP contribution < -0.4 is 5.32 Å². The molecule has 0 unspecified atom stereocenters. The molecule has 0 saturated carbocycles. The van der Waals surface area contributed by atoms with Crippen molar-refractivity contribution in [2.75, 3.05) is 13.1 Å². The highest BCUT2D eigenvalue weighted by molar-refractivity contribution is 5.91. The summed E-state index contributed by atoms with van der Waals surface area (Å²) in [6.07, 6.45) is 5.66. The Morgan fingerprint density at radius 2 is 1.87 bits per heavy atom. The molecule has 1 aliphatic rings. The Labute approximate surface area is 134 Å². The van der Waals surface area contributed by atoms with Gasteiger partial charge in [0, 0.05) is 32.0 Å². The average molecular weight is 316 g/mol. The van der Waals surface area contributed by atoms with E-state index in [1.807, 2.05) is 12.1 Å². The van der Waals surface area contributed by atoms with Crippen molar-refractivity contribution in [3.05, 3.63) is 48.3 Å². The largest absolute Gasteiger partial charge is 0.469 e. The normalized spacial score (nSPS) is 15.6. The van der Waals surface area contributed by atoms with E-state index in [0.717, 1.165) is 18.6 Å². The van der Waals surface area contributed by atoms with Crippen molar-refractivity contribution in [3.8, 4) is 0 Å². The molecule has 1 fully saturated rings. The third kappa shape index (κ3) is 4.03. The van der Waals surface area contributed by atoms with Gasteiger partial charge in [-0.25, -0.2) is 0 Å². The lowest BCUT2D eigenvalue weighted by molar-refractivity contribution is -0.122. The monoisotopic (exact) mass is 316 g/mol. The number of hydrogen-bond acceptors (Lipinski definition) is 4. The molecule has 0 aliphatic carbocycles. The van der Waals surface area contributed by atoms with E-state index < -0.39 is 0 Å². The topological polar surface area (TPSA) is 75.7 Å². The lowest BCUT2D eigenvalue weighted by Gasteiger charge is -2.31. The number of carbonyl (C=O) groups excluding carboxylic acids is 2. The fraction of sp³-hybridized carbons (Fsp3) is 0.412. The quantitative estimate of drug-likeness (QED) is 0.918. The summed E-state index contributed by atoms with van der Waals surface area (Å²) in [6, 6.07) is 7.19. The van der Waals surface area contributed by atoms with Gasteiger partial charge >= 0.3 is 0 Å². The van der Waals surface area contributed by atoms with Gasteiger partial charge in [0.15, 0.2) is 5.76 Å². The zero-order chi connectivity index (χ0) is 16.1. The van der Waals surface area contributed by atoms with Crippen LogP contribution in [0.1, 0.15) is 35.6 Å². The molecule has 3 rings (SSSR count). The second-order valence-corrected chi connectivity index (χ2v) is 5.69. The number of furan rings is 2. The van der Waals surface area contributed by atoms with Gasteiger partial charge in [0.1, 0.15) is 5.76 Å². The highest BCUT2D eigenvalue weighted by Gasteiger charge is 2.25.